The largest absolute Gasteiger partial charge is 0.271 e. The van der Waals surface area contributed by atoms with Gasteiger partial charge in [0.15, 0.2) is 0 Å². The van der Waals surface area contributed by atoms with Crippen molar-refractivity contribution < 1.29 is 0 Å². The fourth-order valence-electron chi connectivity index (χ4n) is 2.20. The zero-order valence-corrected chi connectivity index (χ0v) is 13.0. The summed E-state index contributed by atoms with van der Waals surface area (Å²) in [4.78, 5) is 4.49. The molecule has 3 aromatic rings. The predicted molar refractivity (Wildman–Crippen MR) is 87.9 cm³/mol. The molecule has 0 spiro atoms. The highest BCUT2D eigenvalue weighted by Gasteiger charge is 2.16. The van der Waals surface area contributed by atoms with Crippen LogP contribution in [-0.4, -0.2) is 4.98 Å². The number of nitrogens with two attached hydrogens (primary N) is 1. The van der Waals surface area contributed by atoms with Gasteiger partial charge in [-0.2, -0.15) is 0 Å². The summed E-state index contributed by atoms with van der Waals surface area (Å²) >= 11 is 4.04. The second kappa shape index (κ2) is 5.54. The lowest BCUT2D eigenvalue weighted by Gasteiger charge is -2.16. The van der Waals surface area contributed by atoms with Gasteiger partial charge in [0.2, 0.25) is 0 Å². The summed E-state index contributed by atoms with van der Waals surface area (Å²) < 4.78 is 1.25. The van der Waals surface area contributed by atoms with E-state index in [-0.39, 0.29) is 6.04 Å². The minimum absolute atomic E-state index is 0.0293. The maximum absolute atomic E-state index is 5.76. The van der Waals surface area contributed by atoms with E-state index in [1.165, 1.54) is 8.45 Å². The number of nitrogens with zero attached hydrogens (tertiary/aromatic N) is 1. The van der Waals surface area contributed by atoms with Crippen LogP contribution in [0.5, 0.6) is 0 Å². The number of aromatic nitrogens is 1. The van der Waals surface area contributed by atoms with Gasteiger partial charge in [-0.3, -0.25) is 10.8 Å². The monoisotopic (exact) mass is 381 g/mol. The van der Waals surface area contributed by atoms with Crippen LogP contribution in [0, 0.1) is 2.88 Å². The molecular weight excluding hydrogens is 369 g/mol. The number of nitrogens with one attached hydrogen (secondary N) is 1. The number of hydrogen-bond donors (Lipinski definition) is 2. The van der Waals surface area contributed by atoms with Crippen molar-refractivity contribution in [3.63, 3.8) is 0 Å². The first kappa shape index (κ1) is 13.0. The van der Waals surface area contributed by atoms with E-state index in [2.05, 4.69) is 62.6 Å². The van der Waals surface area contributed by atoms with Crippen molar-refractivity contribution in [3.8, 4) is 0 Å². The molecular formula is C14H12IN3S. The highest BCUT2D eigenvalue weighted by molar-refractivity contribution is 14.1. The Kier molecular flexibility index (Phi) is 3.79. The molecule has 0 saturated heterocycles. The third-order valence-electron chi connectivity index (χ3n) is 3.06. The number of para-hydroxylation sites is 1. The van der Waals surface area contributed by atoms with Crippen LogP contribution in [0.3, 0.4) is 0 Å². The molecule has 0 aliphatic carbocycles. The quantitative estimate of drug-likeness (QED) is 0.415. The summed E-state index contributed by atoms with van der Waals surface area (Å²) in [6, 6.07) is 12.3. The van der Waals surface area contributed by atoms with Crippen molar-refractivity contribution in [3.05, 3.63) is 62.0 Å². The van der Waals surface area contributed by atoms with E-state index in [4.69, 9.17) is 5.84 Å². The first-order valence-electron chi connectivity index (χ1n) is 5.83. The fraction of sp³-hybridized carbons (Fsp3) is 0.0714. The van der Waals surface area contributed by atoms with Crippen molar-refractivity contribution in [1.29, 1.82) is 0 Å². The van der Waals surface area contributed by atoms with Gasteiger partial charge in [-0.25, -0.2) is 5.43 Å². The molecule has 19 heavy (non-hydrogen) atoms. The molecule has 0 saturated carbocycles. The summed E-state index contributed by atoms with van der Waals surface area (Å²) in [5.41, 5.74) is 6.18. The van der Waals surface area contributed by atoms with Crippen molar-refractivity contribution in [2.45, 2.75) is 6.04 Å². The molecule has 3 nitrogen and oxygen atoms in total. The van der Waals surface area contributed by atoms with E-state index < -0.39 is 0 Å². The van der Waals surface area contributed by atoms with Gasteiger partial charge in [0.05, 0.1) is 14.4 Å². The van der Waals surface area contributed by atoms with E-state index in [0.717, 1.165) is 16.5 Å². The van der Waals surface area contributed by atoms with Gasteiger partial charge in [-0.15, -0.1) is 11.3 Å². The predicted octanol–water partition coefficient (Wildman–Crippen LogP) is 3.45. The van der Waals surface area contributed by atoms with Gasteiger partial charge in [-0.05, 0) is 45.7 Å². The molecule has 2 heterocycles. The van der Waals surface area contributed by atoms with E-state index in [0.29, 0.717) is 0 Å². The molecule has 0 radical (unpaired) electrons. The first-order chi connectivity index (χ1) is 9.29. The number of fused-ring (bicyclic) bond motifs is 1. The highest BCUT2D eigenvalue weighted by Crippen LogP contribution is 2.30. The normalized spacial score (nSPS) is 12.7. The second-order valence-electron chi connectivity index (χ2n) is 4.21. The van der Waals surface area contributed by atoms with Crippen LogP contribution in [0.25, 0.3) is 10.9 Å². The minimum Gasteiger partial charge on any atom is -0.271 e. The molecule has 0 amide bonds. The average Bonchev–Trinajstić information content (AvgIpc) is 2.86. The number of benzene rings is 1. The molecule has 2 aromatic heterocycles. The van der Waals surface area contributed by atoms with Crippen LogP contribution in [0.4, 0.5) is 0 Å². The Morgan fingerprint density at radius 2 is 2.11 bits per heavy atom. The summed E-state index contributed by atoms with van der Waals surface area (Å²) in [5.74, 6) is 5.76. The number of hydrazine groups is 1. The third kappa shape index (κ3) is 2.51. The Hall–Kier alpha value is -1.02. The highest BCUT2D eigenvalue weighted by atomic mass is 127. The molecule has 0 aliphatic heterocycles. The van der Waals surface area contributed by atoms with Gasteiger partial charge < -0.3 is 0 Å². The van der Waals surface area contributed by atoms with Crippen LogP contribution in [0.15, 0.2) is 48.0 Å². The Morgan fingerprint density at radius 1 is 1.26 bits per heavy atom. The SMILES string of the molecule is NNC(c1csc(I)c1)c1cccc2cccnc12. The molecule has 0 fully saturated rings. The molecule has 5 heteroatoms. The molecule has 3 rings (SSSR count). The molecule has 3 N–H and O–H groups in total. The Bertz CT molecular complexity index is 705. The van der Waals surface area contributed by atoms with Gasteiger partial charge in [0.25, 0.3) is 0 Å². The van der Waals surface area contributed by atoms with E-state index >= 15 is 0 Å². The molecule has 1 unspecified atom stereocenters. The Morgan fingerprint density at radius 3 is 2.84 bits per heavy atom. The lowest BCUT2D eigenvalue weighted by Crippen LogP contribution is -2.28. The molecule has 1 atom stereocenters. The van der Waals surface area contributed by atoms with Crippen molar-refractivity contribution in [2.24, 2.45) is 5.84 Å². The number of hydrogen-bond acceptors (Lipinski definition) is 4. The zero-order chi connectivity index (χ0) is 13.2. The van der Waals surface area contributed by atoms with Crippen LogP contribution < -0.4 is 11.3 Å². The van der Waals surface area contributed by atoms with Crippen molar-refractivity contribution in [1.82, 2.24) is 10.4 Å². The lowest BCUT2D eigenvalue weighted by molar-refractivity contribution is 0.642. The van der Waals surface area contributed by atoms with Crippen molar-refractivity contribution in [2.75, 3.05) is 0 Å². The number of halogens is 1. The van der Waals surface area contributed by atoms with Crippen LogP contribution in [0.1, 0.15) is 17.2 Å². The standard InChI is InChI=1S/C14H12IN3S/c15-12-7-10(8-19-12)14(18-16)11-5-1-3-9-4-2-6-17-13(9)11/h1-8,14,18H,16H2. The minimum atomic E-state index is -0.0293. The Labute approximate surface area is 129 Å². The second-order valence-corrected chi connectivity index (χ2v) is 7.01. The van der Waals surface area contributed by atoms with Gasteiger partial charge in [-0.1, -0.05) is 24.3 Å². The van der Waals surface area contributed by atoms with Gasteiger partial charge in [0.1, 0.15) is 0 Å². The average molecular weight is 381 g/mol. The topological polar surface area (TPSA) is 50.9 Å². The summed E-state index contributed by atoms with van der Waals surface area (Å²) in [5, 5.41) is 3.26. The van der Waals surface area contributed by atoms with Gasteiger partial charge in [0, 0.05) is 17.1 Å². The summed E-state index contributed by atoms with van der Waals surface area (Å²) in [6.07, 6.45) is 1.82. The van der Waals surface area contributed by atoms with Gasteiger partial charge >= 0.3 is 0 Å². The summed E-state index contributed by atoms with van der Waals surface area (Å²) in [6.45, 7) is 0. The van der Waals surface area contributed by atoms with Crippen molar-refractivity contribution >= 4 is 44.8 Å². The molecule has 1 aromatic carbocycles. The molecule has 0 aliphatic rings. The molecule has 96 valence electrons. The maximum Gasteiger partial charge on any atom is 0.0753 e. The first-order valence-corrected chi connectivity index (χ1v) is 7.79. The number of thiophene rings is 1. The van der Waals surface area contributed by atoms with E-state index in [1.807, 2.05) is 18.3 Å². The number of pyridine rings is 1. The fourth-order valence-corrected chi connectivity index (χ4v) is 3.60. The van der Waals surface area contributed by atoms with Crippen LogP contribution in [-0.2, 0) is 0 Å². The molecule has 0 bridgehead atoms. The number of rotatable bonds is 3. The van der Waals surface area contributed by atoms with E-state index in [1.54, 1.807) is 11.3 Å². The van der Waals surface area contributed by atoms with Crippen LogP contribution >= 0.6 is 33.9 Å². The third-order valence-corrected chi connectivity index (χ3v) is 4.87. The lowest BCUT2D eigenvalue weighted by atomic mass is 9.99. The maximum atomic E-state index is 5.76. The van der Waals surface area contributed by atoms with Crippen LogP contribution in [0.2, 0.25) is 0 Å². The summed E-state index contributed by atoms with van der Waals surface area (Å²) in [7, 11) is 0. The van der Waals surface area contributed by atoms with E-state index in [9.17, 15) is 0 Å². The zero-order valence-electron chi connectivity index (χ0n) is 10.0. The Balaban J connectivity index is 2.16. The smallest absolute Gasteiger partial charge is 0.0753 e.